The van der Waals surface area contributed by atoms with Gasteiger partial charge in [0.1, 0.15) is 0 Å². The van der Waals surface area contributed by atoms with Gasteiger partial charge in [0, 0.05) is 53.7 Å². The van der Waals surface area contributed by atoms with Crippen LogP contribution in [0.15, 0.2) is 273 Å². The molecule has 0 N–H and O–H groups in total. The van der Waals surface area contributed by atoms with Gasteiger partial charge in [-0.3, -0.25) is 0 Å². The number of rotatable bonds is 11. The molecule has 1 aromatic heterocycles. The van der Waals surface area contributed by atoms with Crippen molar-refractivity contribution in [2.75, 3.05) is 14.7 Å². The van der Waals surface area contributed by atoms with Gasteiger partial charge in [-0.15, -0.1) is 11.3 Å². The average molecular weight is 966 g/mol. The molecule has 0 amide bonds. The highest BCUT2D eigenvalue weighted by Crippen LogP contribution is 2.49. The topological polar surface area (TPSA) is 9.72 Å². The third-order valence-corrected chi connectivity index (χ3v) is 15.5. The Bertz CT molecular complexity index is 4020. The first-order chi connectivity index (χ1) is 36.5. The molecule has 0 saturated heterocycles. The van der Waals surface area contributed by atoms with Crippen LogP contribution in [0.2, 0.25) is 0 Å². The zero-order valence-electron chi connectivity index (χ0n) is 41.2. The van der Waals surface area contributed by atoms with Crippen LogP contribution in [0.25, 0.3) is 64.0 Å². The fourth-order valence-electron chi connectivity index (χ4n) is 10.8. The molecule has 1 heterocycles. The van der Waals surface area contributed by atoms with E-state index in [9.17, 15) is 0 Å². The predicted molar refractivity (Wildman–Crippen MR) is 319 cm³/mol. The molecule has 0 bridgehead atoms. The van der Waals surface area contributed by atoms with E-state index in [2.05, 4.69) is 302 Å². The normalized spacial score (nSPS) is 11.4. The fraction of sp³-hybridized carbons (Fsp3) is 0.0286. The van der Waals surface area contributed by atoms with E-state index in [-0.39, 0.29) is 0 Å². The third-order valence-electron chi connectivity index (χ3n) is 14.3. The highest BCUT2D eigenvalue weighted by molar-refractivity contribution is 7.26. The Hall–Kier alpha value is -9.22. The lowest BCUT2D eigenvalue weighted by Crippen LogP contribution is -2.17. The summed E-state index contributed by atoms with van der Waals surface area (Å²) in [7, 11) is 0. The van der Waals surface area contributed by atoms with E-state index in [0.717, 1.165) is 51.2 Å². The van der Waals surface area contributed by atoms with E-state index in [0.29, 0.717) is 0 Å². The SMILES string of the molecule is Cc1cccc(N(c2cc(N(c3ccc(-c4ccccc4)cc3)c3ccc(-c4cccc5c4sc4ccccc45)cc3)cc(N(c3cccc(C)c3)c3cccc4ccccc34)c2)c2cccc3ccccc23)c1. The Kier molecular flexibility index (Phi) is 11.5. The van der Waals surface area contributed by atoms with Crippen LogP contribution in [-0.4, -0.2) is 0 Å². The standard InChI is InChI=1S/C70H51N3S/c1-48-17-12-25-57(43-48)72(67-32-14-23-52-21-6-8-27-62(52)67)60-45-59(46-61(47-60)73(58-26-13-18-49(2)44-58)68-33-15-24-53-22-7-9-28-63(53)68)71(55-39-35-51(36-40-55)50-19-4-3-5-20-50)56-41-37-54(38-42-56)64-30-16-31-66-65-29-10-11-34-69(65)74-70(64)66/h3-47H,1-2H3. The molecule has 0 atom stereocenters. The van der Waals surface area contributed by atoms with Gasteiger partial charge in [0.25, 0.3) is 0 Å². The first-order valence-electron chi connectivity index (χ1n) is 25.3. The predicted octanol–water partition coefficient (Wildman–Crippen LogP) is 20.7. The summed E-state index contributed by atoms with van der Waals surface area (Å²) < 4.78 is 2.61. The molecule has 13 rings (SSSR count). The molecule has 0 spiro atoms. The minimum Gasteiger partial charge on any atom is -0.310 e. The Morgan fingerprint density at radius 2 is 0.703 bits per heavy atom. The quantitative estimate of drug-likeness (QED) is 0.128. The van der Waals surface area contributed by atoms with Gasteiger partial charge >= 0.3 is 0 Å². The van der Waals surface area contributed by atoms with Crippen LogP contribution in [0, 0.1) is 13.8 Å². The molecule has 0 aliphatic heterocycles. The summed E-state index contributed by atoms with van der Waals surface area (Å²) in [5, 5.41) is 7.31. The highest BCUT2D eigenvalue weighted by Gasteiger charge is 2.25. The molecule has 4 heteroatoms. The monoisotopic (exact) mass is 965 g/mol. The van der Waals surface area contributed by atoms with Gasteiger partial charge in [0.05, 0.1) is 28.4 Å². The molecule has 0 saturated carbocycles. The molecule has 12 aromatic carbocycles. The summed E-state index contributed by atoms with van der Waals surface area (Å²) in [6.07, 6.45) is 0. The summed E-state index contributed by atoms with van der Waals surface area (Å²) >= 11 is 1.87. The van der Waals surface area contributed by atoms with Crippen molar-refractivity contribution in [3.05, 3.63) is 284 Å². The van der Waals surface area contributed by atoms with Crippen LogP contribution in [-0.2, 0) is 0 Å². The summed E-state index contributed by atoms with van der Waals surface area (Å²) in [4.78, 5) is 7.33. The molecule has 0 unspecified atom stereocenters. The van der Waals surface area contributed by atoms with Crippen LogP contribution in [0.4, 0.5) is 51.2 Å². The zero-order valence-corrected chi connectivity index (χ0v) is 42.0. The number of benzene rings is 12. The number of fused-ring (bicyclic) bond motifs is 5. The van der Waals surface area contributed by atoms with E-state index < -0.39 is 0 Å². The molecule has 0 radical (unpaired) electrons. The van der Waals surface area contributed by atoms with Crippen molar-refractivity contribution in [3.63, 3.8) is 0 Å². The van der Waals surface area contributed by atoms with Crippen molar-refractivity contribution in [3.8, 4) is 22.3 Å². The third kappa shape index (κ3) is 8.31. The fourth-order valence-corrected chi connectivity index (χ4v) is 12.0. The maximum absolute atomic E-state index is 2.45. The van der Waals surface area contributed by atoms with Gasteiger partial charge in [-0.25, -0.2) is 0 Å². The number of thiophene rings is 1. The molecule has 74 heavy (non-hydrogen) atoms. The van der Waals surface area contributed by atoms with Crippen LogP contribution in [0.3, 0.4) is 0 Å². The van der Waals surface area contributed by atoms with E-state index in [1.165, 1.54) is 75.1 Å². The van der Waals surface area contributed by atoms with Gasteiger partial charge < -0.3 is 14.7 Å². The van der Waals surface area contributed by atoms with Gasteiger partial charge in [-0.1, -0.05) is 188 Å². The highest BCUT2D eigenvalue weighted by atomic mass is 32.1. The number of hydrogen-bond acceptors (Lipinski definition) is 4. The lowest BCUT2D eigenvalue weighted by Gasteiger charge is -2.34. The first-order valence-corrected chi connectivity index (χ1v) is 26.1. The van der Waals surface area contributed by atoms with E-state index >= 15 is 0 Å². The minimum absolute atomic E-state index is 1.01. The van der Waals surface area contributed by atoms with Crippen molar-refractivity contribution >= 4 is 104 Å². The summed E-state index contributed by atoms with van der Waals surface area (Å²) in [5.41, 5.74) is 16.7. The maximum Gasteiger partial charge on any atom is 0.0540 e. The van der Waals surface area contributed by atoms with Gasteiger partial charge in [0.15, 0.2) is 0 Å². The molecular formula is C70H51N3S. The zero-order chi connectivity index (χ0) is 49.5. The first kappa shape index (κ1) is 44.7. The van der Waals surface area contributed by atoms with E-state index in [4.69, 9.17) is 0 Å². The van der Waals surface area contributed by atoms with Crippen molar-refractivity contribution in [2.24, 2.45) is 0 Å². The van der Waals surface area contributed by atoms with Crippen LogP contribution in [0.1, 0.15) is 11.1 Å². The second kappa shape index (κ2) is 19.1. The van der Waals surface area contributed by atoms with Crippen molar-refractivity contribution in [1.29, 1.82) is 0 Å². The van der Waals surface area contributed by atoms with Crippen LogP contribution in [0.5, 0.6) is 0 Å². The smallest absolute Gasteiger partial charge is 0.0540 e. The Morgan fingerprint density at radius 3 is 1.27 bits per heavy atom. The molecule has 3 nitrogen and oxygen atoms in total. The lowest BCUT2D eigenvalue weighted by atomic mass is 10.0. The van der Waals surface area contributed by atoms with Crippen molar-refractivity contribution in [2.45, 2.75) is 13.8 Å². The molecule has 0 aliphatic carbocycles. The van der Waals surface area contributed by atoms with Crippen LogP contribution < -0.4 is 14.7 Å². The number of anilines is 9. The molecule has 352 valence electrons. The van der Waals surface area contributed by atoms with E-state index in [1.54, 1.807) is 0 Å². The summed E-state index contributed by atoms with van der Waals surface area (Å²) in [6, 6.07) is 100. The number of hydrogen-bond donors (Lipinski definition) is 0. The largest absolute Gasteiger partial charge is 0.310 e. The average Bonchev–Trinajstić information content (AvgIpc) is 3.85. The Balaban J connectivity index is 1.08. The Morgan fingerprint density at radius 1 is 0.270 bits per heavy atom. The number of nitrogens with zero attached hydrogens (tertiary/aromatic N) is 3. The lowest BCUT2D eigenvalue weighted by molar-refractivity contribution is 1.22. The second-order valence-corrected chi connectivity index (χ2v) is 20.2. The Labute approximate surface area is 436 Å². The summed E-state index contributed by atoms with van der Waals surface area (Å²) in [6.45, 7) is 4.36. The van der Waals surface area contributed by atoms with Gasteiger partial charge in [0.2, 0.25) is 0 Å². The van der Waals surface area contributed by atoms with Gasteiger partial charge in [-0.2, -0.15) is 0 Å². The van der Waals surface area contributed by atoms with Crippen LogP contribution >= 0.6 is 11.3 Å². The second-order valence-electron chi connectivity index (χ2n) is 19.1. The maximum atomic E-state index is 2.45. The van der Waals surface area contributed by atoms with Gasteiger partial charge in [-0.05, 0) is 143 Å². The molecular weight excluding hydrogens is 915 g/mol. The van der Waals surface area contributed by atoms with Crippen molar-refractivity contribution < 1.29 is 0 Å². The molecule has 13 aromatic rings. The van der Waals surface area contributed by atoms with Crippen molar-refractivity contribution in [1.82, 2.24) is 0 Å². The number of aryl methyl sites for hydroxylation is 2. The molecule has 0 fully saturated rings. The summed E-state index contributed by atoms with van der Waals surface area (Å²) in [5.74, 6) is 0. The minimum atomic E-state index is 1.01. The van der Waals surface area contributed by atoms with E-state index in [1.807, 2.05) is 11.3 Å². The molecule has 0 aliphatic rings.